The van der Waals surface area contributed by atoms with Gasteiger partial charge in [0.05, 0.1) is 19.3 Å². The van der Waals surface area contributed by atoms with Crippen LogP contribution in [0, 0.1) is 6.92 Å². The topological polar surface area (TPSA) is 73.2 Å². The van der Waals surface area contributed by atoms with Crippen LogP contribution in [0.3, 0.4) is 0 Å². The van der Waals surface area contributed by atoms with Gasteiger partial charge in [-0.15, -0.1) is 0 Å². The quantitative estimate of drug-likeness (QED) is 0.928. The lowest BCUT2D eigenvalue weighted by molar-refractivity contribution is 0.401. The molecule has 23 heavy (non-hydrogen) atoms. The van der Waals surface area contributed by atoms with E-state index in [9.17, 15) is 8.42 Å². The van der Waals surface area contributed by atoms with Crippen LogP contribution in [0.15, 0.2) is 29.3 Å². The van der Waals surface area contributed by atoms with Gasteiger partial charge in [0.25, 0.3) is 0 Å². The third kappa shape index (κ3) is 2.98. The van der Waals surface area contributed by atoms with E-state index in [0.717, 1.165) is 36.1 Å². The van der Waals surface area contributed by atoms with Crippen molar-refractivity contribution in [2.24, 2.45) is 7.05 Å². The van der Waals surface area contributed by atoms with Gasteiger partial charge in [0.1, 0.15) is 10.6 Å². The normalized spacial score (nSPS) is 17.8. The molecule has 6 nitrogen and oxygen atoms in total. The number of nitrogens with one attached hydrogen (secondary N) is 1. The number of rotatable bonds is 4. The molecule has 0 bridgehead atoms. The van der Waals surface area contributed by atoms with E-state index in [1.54, 1.807) is 18.3 Å². The largest absolute Gasteiger partial charge is 0.495 e. The molecule has 0 spiro atoms. The first kappa shape index (κ1) is 16.0. The Bertz CT molecular complexity index is 827. The van der Waals surface area contributed by atoms with Crippen LogP contribution < -0.4 is 9.46 Å². The average Bonchev–Trinajstić information content (AvgIpc) is 2.90. The highest BCUT2D eigenvalue weighted by Gasteiger charge is 2.29. The maximum Gasteiger partial charge on any atom is 0.244 e. The summed E-state index contributed by atoms with van der Waals surface area (Å²) >= 11 is 0. The van der Waals surface area contributed by atoms with Crippen molar-refractivity contribution in [1.82, 2.24) is 14.5 Å². The van der Waals surface area contributed by atoms with Crippen LogP contribution in [0.25, 0.3) is 0 Å². The smallest absolute Gasteiger partial charge is 0.244 e. The predicted octanol–water partition coefficient (Wildman–Crippen LogP) is 2.09. The van der Waals surface area contributed by atoms with Gasteiger partial charge in [0.2, 0.25) is 10.0 Å². The molecule has 1 aliphatic carbocycles. The van der Waals surface area contributed by atoms with Gasteiger partial charge in [0.15, 0.2) is 0 Å². The number of aryl methyl sites for hydroxylation is 2. The molecule has 1 aliphatic rings. The van der Waals surface area contributed by atoms with Crippen LogP contribution in [0.2, 0.25) is 0 Å². The summed E-state index contributed by atoms with van der Waals surface area (Å²) in [4.78, 5) is 0.177. The first-order valence-electron chi connectivity index (χ1n) is 7.60. The van der Waals surface area contributed by atoms with Crippen molar-refractivity contribution < 1.29 is 13.2 Å². The van der Waals surface area contributed by atoms with E-state index in [0.29, 0.717) is 5.75 Å². The number of benzene rings is 1. The Hall–Kier alpha value is -1.86. The lowest BCUT2D eigenvalue weighted by Crippen LogP contribution is -2.31. The molecule has 1 aromatic carbocycles. The second-order valence-electron chi connectivity index (χ2n) is 5.89. The third-order valence-corrected chi connectivity index (χ3v) is 5.77. The molecule has 1 atom stereocenters. The van der Waals surface area contributed by atoms with E-state index in [-0.39, 0.29) is 10.9 Å². The maximum atomic E-state index is 12.8. The molecule has 1 N–H and O–H groups in total. The second-order valence-corrected chi connectivity index (χ2v) is 7.57. The Balaban J connectivity index is 1.95. The van der Waals surface area contributed by atoms with Gasteiger partial charge in [0, 0.05) is 18.3 Å². The standard InChI is InChI=1S/C16H21N3O3S/c1-11-7-8-15(22-3)16(9-11)23(20,21)18-13-5-4-6-14-12(13)10-17-19(14)2/h7-10,13,18H,4-6H2,1-3H3. The first-order chi connectivity index (χ1) is 10.9. The second kappa shape index (κ2) is 5.98. The molecule has 0 amide bonds. The lowest BCUT2D eigenvalue weighted by atomic mass is 9.94. The van der Waals surface area contributed by atoms with Crippen molar-refractivity contribution in [3.63, 3.8) is 0 Å². The molecule has 0 saturated carbocycles. The molecule has 0 radical (unpaired) electrons. The van der Waals surface area contributed by atoms with Crippen molar-refractivity contribution in [1.29, 1.82) is 0 Å². The molecule has 1 heterocycles. The van der Waals surface area contributed by atoms with Gasteiger partial charge < -0.3 is 4.74 Å². The van der Waals surface area contributed by atoms with Crippen molar-refractivity contribution >= 4 is 10.0 Å². The van der Waals surface area contributed by atoms with Gasteiger partial charge >= 0.3 is 0 Å². The Morgan fingerprint density at radius 1 is 1.39 bits per heavy atom. The number of sulfonamides is 1. The van der Waals surface area contributed by atoms with Crippen molar-refractivity contribution in [2.75, 3.05) is 7.11 Å². The molecule has 7 heteroatoms. The number of fused-ring (bicyclic) bond motifs is 1. The van der Waals surface area contributed by atoms with Crippen LogP contribution in [-0.4, -0.2) is 25.3 Å². The van der Waals surface area contributed by atoms with E-state index >= 15 is 0 Å². The minimum Gasteiger partial charge on any atom is -0.495 e. The Kier molecular flexibility index (Phi) is 4.16. The van der Waals surface area contributed by atoms with Gasteiger partial charge in [-0.2, -0.15) is 5.10 Å². The molecule has 1 aromatic heterocycles. The van der Waals surface area contributed by atoms with Gasteiger partial charge in [-0.05, 0) is 43.9 Å². The third-order valence-electron chi connectivity index (χ3n) is 4.28. The lowest BCUT2D eigenvalue weighted by Gasteiger charge is -2.24. The molecular formula is C16H21N3O3S. The molecule has 0 fully saturated rings. The zero-order valence-electron chi connectivity index (χ0n) is 13.5. The Labute approximate surface area is 136 Å². The van der Waals surface area contributed by atoms with Crippen LogP contribution in [-0.2, 0) is 23.5 Å². The zero-order valence-corrected chi connectivity index (χ0v) is 14.4. The van der Waals surface area contributed by atoms with E-state index < -0.39 is 10.0 Å². The summed E-state index contributed by atoms with van der Waals surface area (Å²) in [5, 5.41) is 4.26. The predicted molar refractivity (Wildman–Crippen MR) is 86.9 cm³/mol. The van der Waals surface area contributed by atoms with E-state index in [1.165, 1.54) is 7.11 Å². The zero-order chi connectivity index (χ0) is 16.6. The highest BCUT2D eigenvalue weighted by atomic mass is 32.2. The minimum atomic E-state index is -3.67. The SMILES string of the molecule is COc1ccc(C)cc1S(=O)(=O)NC1CCCc2c1cnn2C. The Morgan fingerprint density at radius 2 is 2.17 bits per heavy atom. The molecule has 3 rings (SSSR count). The fraction of sp³-hybridized carbons (Fsp3) is 0.438. The monoisotopic (exact) mass is 335 g/mol. The molecule has 0 aliphatic heterocycles. The van der Waals surface area contributed by atoms with Crippen molar-refractivity contribution in [3.05, 3.63) is 41.2 Å². The molecule has 124 valence electrons. The molecule has 0 saturated heterocycles. The first-order valence-corrected chi connectivity index (χ1v) is 9.08. The molecule has 2 aromatic rings. The highest BCUT2D eigenvalue weighted by Crippen LogP contribution is 2.32. The summed E-state index contributed by atoms with van der Waals surface area (Å²) in [6.07, 6.45) is 4.39. The highest BCUT2D eigenvalue weighted by molar-refractivity contribution is 7.89. The number of methoxy groups -OCH3 is 1. The molecule has 1 unspecified atom stereocenters. The molecular weight excluding hydrogens is 314 g/mol. The fourth-order valence-corrected chi connectivity index (χ4v) is 4.58. The summed E-state index contributed by atoms with van der Waals surface area (Å²) < 4.78 is 35.5. The van der Waals surface area contributed by atoms with Crippen molar-refractivity contribution in [2.45, 2.75) is 37.1 Å². The minimum absolute atomic E-state index is 0.177. The Morgan fingerprint density at radius 3 is 2.91 bits per heavy atom. The van der Waals surface area contributed by atoms with Gasteiger partial charge in [-0.25, -0.2) is 13.1 Å². The summed E-state index contributed by atoms with van der Waals surface area (Å²) in [7, 11) is -0.307. The number of aromatic nitrogens is 2. The van der Waals surface area contributed by atoms with E-state index in [2.05, 4.69) is 9.82 Å². The van der Waals surface area contributed by atoms with Gasteiger partial charge in [-0.3, -0.25) is 4.68 Å². The summed E-state index contributed by atoms with van der Waals surface area (Å²) in [6.45, 7) is 1.86. The number of ether oxygens (including phenoxy) is 1. The summed E-state index contributed by atoms with van der Waals surface area (Å²) in [6, 6.07) is 4.90. The van der Waals surface area contributed by atoms with Gasteiger partial charge in [-0.1, -0.05) is 6.07 Å². The van der Waals surface area contributed by atoms with Crippen LogP contribution in [0.4, 0.5) is 0 Å². The van der Waals surface area contributed by atoms with Crippen molar-refractivity contribution in [3.8, 4) is 5.75 Å². The fourth-order valence-electron chi connectivity index (χ4n) is 3.07. The summed E-state index contributed by atoms with van der Waals surface area (Å²) in [5.41, 5.74) is 2.94. The van der Waals surface area contributed by atoms with E-state index in [1.807, 2.05) is 24.7 Å². The van der Waals surface area contributed by atoms with Crippen LogP contribution in [0.1, 0.15) is 35.7 Å². The number of hydrogen-bond acceptors (Lipinski definition) is 4. The number of hydrogen-bond donors (Lipinski definition) is 1. The summed E-state index contributed by atoms with van der Waals surface area (Å²) in [5.74, 6) is 0.352. The number of nitrogens with zero attached hydrogens (tertiary/aromatic N) is 2. The average molecular weight is 335 g/mol. The maximum absolute atomic E-state index is 12.8. The van der Waals surface area contributed by atoms with E-state index in [4.69, 9.17) is 4.74 Å². The van der Waals surface area contributed by atoms with Crippen LogP contribution in [0.5, 0.6) is 5.75 Å². The van der Waals surface area contributed by atoms with Crippen LogP contribution >= 0.6 is 0 Å².